The highest BCUT2D eigenvalue weighted by atomic mass is 15.2. The zero-order chi connectivity index (χ0) is 10.9. The van der Waals surface area contributed by atoms with E-state index in [9.17, 15) is 0 Å². The number of hydrogen-bond acceptors (Lipinski definition) is 1. The standard InChI is InChI=1S/C13H25N/c1-10(2)12(4)14-8-7-11(3)13(5,6)9-14/h10-11H,4,7-9H2,1-3,5-6H3. The Morgan fingerprint density at radius 1 is 1.43 bits per heavy atom. The Bertz CT molecular complexity index is 215. The molecule has 0 aromatic carbocycles. The number of rotatable bonds is 2. The van der Waals surface area contributed by atoms with Crippen LogP contribution in [-0.4, -0.2) is 18.0 Å². The monoisotopic (exact) mass is 195 g/mol. The Kier molecular flexibility index (Phi) is 3.28. The van der Waals surface area contributed by atoms with Crippen LogP contribution >= 0.6 is 0 Å². The van der Waals surface area contributed by atoms with Crippen molar-refractivity contribution < 1.29 is 0 Å². The summed E-state index contributed by atoms with van der Waals surface area (Å²) in [4.78, 5) is 2.48. The van der Waals surface area contributed by atoms with Gasteiger partial charge >= 0.3 is 0 Å². The van der Waals surface area contributed by atoms with Crippen molar-refractivity contribution >= 4 is 0 Å². The van der Waals surface area contributed by atoms with E-state index in [1.54, 1.807) is 0 Å². The van der Waals surface area contributed by atoms with Crippen molar-refractivity contribution in [1.82, 2.24) is 4.90 Å². The van der Waals surface area contributed by atoms with Crippen LogP contribution in [0.3, 0.4) is 0 Å². The highest BCUT2D eigenvalue weighted by molar-refractivity contribution is 5.01. The van der Waals surface area contributed by atoms with Gasteiger partial charge < -0.3 is 4.90 Å². The molecule has 1 heterocycles. The summed E-state index contributed by atoms with van der Waals surface area (Å²) in [7, 11) is 0. The van der Waals surface area contributed by atoms with Crippen molar-refractivity contribution in [3.63, 3.8) is 0 Å². The Morgan fingerprint density at radius 2 is 2.00 bits per heavy atom. The van der Waals surface area contributed by atoms with Crippen LogP contribution in [0, 0.1) is 17.3 Å². The third-order valence-electron chi connectivity index (χ3n) is 3.84. The number of piperidine rings is 1. The summed E-state index contributed by atoms with van der Waals surface area (Å²) in [5.41, 5.74) is 1.75. The van der Waals surface area contributed by atoms with E-state index in [2.05, 4.69) is 46.1 Å². The average molecular weight is 195 g/mol. The number of likely N-dealkylation sites (tertiary alicyclic amines) is 1. The Morgan fingerprint density at radius 3 is 2.43 bits per heavy atom. The van der Waals surface area contributed by atoms with Crippen LogP contribution in [0.1, 0.15) is 41.0 Å². The smallest absolute Gasteiger partial charge is 0.0228 e. The first kappa shape index (κ1) is 11.6. The third kappa shape index (κ3) is 2.31. The lowest BCUT2D eigenvalue weighted by Crippen LogP contribution is -2.44. The van der Waals surface area contributed by atoms with Gasteiger partial charge in [0.15, 0.2) is 0 Å². The summed E-state index contributed by atoms with van der Waals surface area (Å²) >= 11 is 0. The fraction of sp³-hybridized carbons (Fsp3) is 0.846. The van der Waals surface area contributed by atoms with Crippen LogP contribution in [0.5, 0.6) is 0 Å². The molecule has 1 nitrogen and oxygen atoms in total. The van der Waals surface area contributed by atoms with E-state index in [0.29, 0.717) is 11.3 Å². The molecule has 1 heteroatoms. The third-order valence-corrected chi connectivity index (χ3v) is 3.84. The molecule has 0 aromatic heterocycles. The summed E-state index contributed by atoms with van der Waals surface area (Å²) in [5.74, 6) is 1.41. The van der Waals surface area contributed by atoms with Gasteiger partial charge in [-0.2, -0.15) is 0 Å². The summed E-state index contributed by atoms with van der Waals surface area (Å²) in [6, 6.07) is 0. The zero-order valence-corrected chi connectivity index (χ0v) is 10.4. The van der Waals surface area contributed by atoms with E-state index in [4.69, 9.17) is 0 Å². The quantitative estimate of drug-likeness (QED) is 0.651. The molecule has 1 saturated heterocycles. The predicted octanol–water partition coefficient (Wildman–Crippen LogP) is 3.52. The van der Waals surface area contributed by atoms with E-state index in [0.717, 1.165) is 5.92 Å². The molecular weight excluding hydrogens is 170 g/mol. The van der Waals surface area contributed by atoms with Crippen molar-refractivity contribution in [1.29, 1.82) is 0 Å². The first-order valence-electron chi connectivity index (χ1n) is 5.78. The van der Waals surface area contributed by atoms with E-state index in [1.165, 1.54) is 25.2 Å². The molecule has 0 saturated carbocycles. The van der Waals surface area contributed by atoms with Crippen LogP contribution in [0.15, 0.2) is 12.3 Å². The molecule has 0 aromatic rings. The van der Waals surface area contributed by atoms with E-state index >= 15 is 0 Å². The van der Waals surface area contributed by atoms with Crippen molar-refractivity contribution in [3.8, 4) is 0 Å². The highest BCUT2D eigenvalue weighted by Crippen LogP contribution is 2.36. The maximum atomic E-state index is 4.19. The molecule has 0 amide bonds. The van der Waals surface area contributed by atoms with Crippen molar-refractivity contribution in [2.45, 2.75) is 41.0 Å². The van der Waals surface area contributed by atoms with Crippen molar-refractivity contribution in [3.05, 3.63) is 12.3 Å². The molecule has 0 aliphatic carbocycles. The lowest BCUT2D eigenvalue weighted by molar-refractivity contribution is 0.0818. The van der Waals surface area contributed by atoms with Gasteiger partial charge in [-0.05, 0) is 23.7 Å². The topological polar surface area (TPSA) is 3.24 Å². The van der Waals surface area contributed by atoms with Crippen LogP contribution in [0.2, 0.25) is 0 Å². The molecule has 1 aliphatic heterocycles. The van der Waals surface area contributed by atoms with Crippen molar-refractivity contribution in [2.24, 2.45) is 17.3 Å². The molecule has 1 atom stereocenters. The molecular formula is C13H25N. The second-order valence-electron chi connectivity index (χ2n) is 5.75. The fourth-order valence-electron chi connectivity index (χ4n) is 2.08. The summed E-state index contributed by atoms with van der Waals surface area (Å²) in [5, 5.41) is 0. The second-order valence-corrected chi connectivity index (χ2v) is 5.75. The molecule has 0 radical (unpaired) electrons. The van der Waals surface area contributed by atoms with Crippen LogP contribution < -0.4 is 0 Å². The van der Waals surface area contributed by atoms with Crippen LogP contribution in [0.25, 0.3) is 0 Å². The first-order valence-corrected chi connectivity index (χ1v) is 5.78. The predicted molar refractivity (Wildman–Crippen MR) is 63.1 cm³/mol. The largest absolute Gasteiger partial charge is 0.375 e. The number of hydrogen-bond donors (Lipinski definition) is 0. The summed E-state index contributed by atoms with van der Waals surface area (Å²) in [6.07, 6.45) is 1.30. The molecule has 82 valence electrons. The first-order chi connectivity index (χ1) is 6.34. The Balaban J connectivity index is 2.64. The number of nitrogens with zero attached hydrogens (tertiary/aromatic N) is 1. The second kappa shape index (κ2) is 3.96. The summed E-state index contributed by atoms with van der Waals surface area (Å²) in [6.45, 7) is 18.1. The van der Waals surface area contributed by atoms with Gasteiger partial charge in [0.25, 0.3) is 0 Å². The molecule has 0 bridgehead atoms. The molecule has 1 fully saturated rings. The summed E-state index contributed by atoms with van der Waals surface area (Å²) < 4.78 is 0. The Labute approximate surface area is 89.2 Å². The zero-order valence-electron chi connectivity index (χ0n) is 10.4. The maximum Gasteiger partial charge on any atom is 0.0228 e. The lowest BCUT2D eigenvalue weighted by atomic mass is 9.75. The number of allylic oxidation sites excluding steroid dienone is 1. The maximum absolute atomic E-state index is 4.19. The molecule has 0 N–H and O–H groups in total. The van der Waals surface area contributed by atoms with E-state index in [-0.39, 0.29) is 0 Å². The van der Waals surface area contributed by atoms with Crippen molar-refractivity contribution in [2.75, 3.05) is 13.1 Å². The highest BCUT2D eigenvalue weighted by Gasteiger charge is 2.33. The minimum atomic E-state index is 0.441. The Hall–Kier alpha value is -0.460. The van der Waals surface area contributed by atoms with Gasteiger partial charge in [0.05, 0.1) is 0 Å². The van der Waals surface area contributed by atoms with Gasteiger partial charge in [0, 0.05) is 18.8 Å². The minimum Gasteiger partial charge on any atom is -0.375 e. The van der Waals surface area contributed by atoms with E-state index < -0.39 is 0 Å². The molecule has 1 unspecified atom stereocenters. The normalized spacial score (nSPS) is 26.7. The molecule has 1 rings (SSSR count). The molecule has 14 heavy (non-hydrogen) atoms. The average Bonchev–Trinajstić information content (AvgIpc) is 2.08. The van der Waals surface area contributed by atoms with Gasteiger partial charge in [0.1, 0.15) is 0 Å². The van der Waals surface area contributed by atoms with Gasteiger partial charge in [-0.1, -0.05) is 41.2 Å². The lowest BCUT2D eigenvalue weighted by Gasteiger charge is -2.45. The molecule has 0 spiro atoms. The fourth-order valence-corrected chi connectivity index (χ4v) is 2.08. The van der Waals surface area contributed by atoms with Gasteiger partial charge in [-0.25, -0.2) is 0 Å². The van der Waals surface area contributed by atoms with Crippen LogP contribution in [-0.2, 0) is 0 Å². The van der Waals surface area contributed by atoms with Gasteiger partial charge in [-0.15, -0.1) is 0 Å². The van der Waals surface area contributed by atoms with Gasteiger partial charge in [0.2, 0.25) is 0 Å². The SMILES string of the molecule is C=C(C(C)C)N1CCC(C)C(C)(C)C1. The van der Waals surface area contributed by atoms with Gasteiger partial charge in [-0.3, -0.25) is 0 Å². The van der Waals surface area contributed by atoms with Crippen LogP contribution in [0.4, 0.5) is 0 Å². The molecule has 1 aliphatic rings. The minimum absolute atomic E-state index is 0.441. The van der Waals surface area contributed by atoms with E-state index in [1.807, 2.05) is 0 Å².